The number of hydrogen-bond acceptors (Lipinski definition) is 3. The number of carbonyl (C=O) groups is 1. The summed E-state index contributed by atoms with van der Waals surface area (Å²) >= 11 is 0. The molecule has 0 spiro atoms. The molecule has 0 radical (unpaired) electrons. The Hall–Kier alpha value is -3.28. The van der Waals surface area contributed by atoms with Gasteiger partial charge in [0.1, 0.15) is 0 Å². The van der Waals surface area contributed by atoms with Crippen LogP contribution in [-0.2, 0) is 6.54 Å². The molecule has 0 bridgehead atoms. The summed E-state index contributed by atoms with van der Waals surface area (Å²) in [6.45, 7) is 7.79. The first-order chi connectivity index (χ1) is 13.8. The monoisotopic (exact) mass is 375 g/mol. The fourth-order valence-electron chi connectivity index (χ4n) is 3.61. The summed E-state index contributed by atoms with van der Waals surface area (Å²) in [5.41, 5.74) is 3.38. The van der Waals surface area contributed by atoms with Crippen LogP contribution in [-0.4, -0.2) is 53.2 Å². The number of piperazine rings is 1. The maximum Gasteiger partial charge on any atom is 0.317 e. The van der Waals surface area contributed by atoms with Gasteiger partial charge in [0.15, 0.2) is 0 Å². The lowest BCUT2D eigenvalue weighted by atomic mass is 10.2. The number of nitrogens with zero attached hydrogens (tertiary/aromatic N) is 4. The minimum Gasteiger partial charge on any atom is -0.339 e. The van der Waals surface area contributed by atoms with Crippen LogP contribution in [0.15, 0.2) is 67.3 Å². The molecular weight excluding hydrogens is 350 g/mol. The average molecular weight is 375 g/mol. The lowest BCUT2D eigenvalue weighted by Gasteiger charge is -2.35. The SMILES string of the molecule is C=CCNC(=O)N1CCN(c2nc3ccccc3n2Cc2ccccc2)CC1. The molecule has 2 amide bonds. The molecule has 6 heteroatoms. The zero-order chi connectivity index (χ0) is 19.3. The molecule has 1 fully saturated rings. The predicted molar refractivity (Wildman–Crippen MR) is 113 cm³/mol. The second-order valence-corrected chi connectivity index (χ2v) is 6.92. The standard InChI is InChI=1S/C22H25N5O/c1-2-12-23-22(28)26-15-13-25(14-16-26)21-24-19-10-6-7-11-20(19)27(21)17-18-8-4-3-5-9-18/h2-11H,1,12-17H2,(H,23,28). The predicted octanol–water partition coefficient (Wildman–Crippen LogP) is 3.10. The topological polar surface area (TPSA) is 53.4 Å². The van der Waals surface area contributed by atoms with E-state index in [9.17, 15) is 4.79 Å². The van der Waals surface area contributed by atoms with Crippen LogP contribution in [0.2, 0.25) is 0 Å². The largest absolute Gasteiger partial charge is 0.339 e. The first-order valence-electron chi connectivity index (χ1n) is 9.64. The fourth-order valence-corrected chi connectivity index (χ4v) is 3.61. The highest BCUT2D eigenvalue weighted by Crippen LogP contribution is 2.25. The van der Waals surface area contributed by atoms with Gasteiger partial charge in [-0.25, -0.2) is 9.78 Å². The van der Waals surface area contributed by atoms with E-state index in [1.807, 2.05) is 17.0 Å². The van der Waals surface area contributed by atoms with E-state index in [1.54, 1.807) is 6.08 Å². The number of amides is 2. The Morgan fingerprint density at radius 1 is 1.04 bits per heavy atom. The molecule has 0 aliphatic carbocycles. The number of rotatable bonds is 5. The molecule has 2 heterocycles. The Morgan fingerprint density at radius 3 is 2.50 bits per heavy atom. The van der Waals surface area contributed by atoms with Crippen molar-refractivity contribution in [1.29, 1.82) is 0 Å². The quantitative estimate of drug-likeness (QED) is 0.697. The van der Waals surface area contributed by atoms with Crippen LogP contribution < -0.4 is 10.2 Å². The number of nitrogens with one attached hydrogen (secondary N) is 1. The van der Waals surface area contributed by atoms with Crippen molar-refractivity contribution in [2.75, 3.05) is 37.6 Å². The van der Waals surface area contributed by atoms with Gasteiger partial charge in [0.25, 0.3) is 0 Å². The van der Waals surface area contributed by atoms with Gasteiger partial charge < -0.3 is 19.7 Å². The van der Waals surface area contributed by atoms with E-state index in [1.165, 1.54) is 5.56 Å². The Labute approximate surface area is 165 Å². The third-order valence-electron chi connectivity index (χ3n) is 5.07. The van der Waals surface area contributed by atoms with Crippen LogP contribution in [0.25, 0.3) is 11.0 Å². The van der Waals surface area contributed by atoms with Crippen molar-refractivity contribution in [3.05, 3.63) is 72.8 Å². The lowest BCUT2D eigenvalue weighted by Crippen LogP contribution is -2.52. The third kappa shape index (κ3) is 3.71. The summed E-state index contributed by atoms with van der Waals surface area (Å²) in [6, 6.07) is 18.7. The molecule has 1 aliphatic heterocycles. The number of benzene rings is 2. The molecule has 0 atom stereocenters. The number of imidazole rings is 1. The maximum absolute atomic E-state index is 12.2. The lowest BCUT2D eigenvalue weighted by molar-refractivity contribution is 0.195. The van der Waals surface area contributed by atoms with E-state index in [4.69, 9.17) is 4.98 Å². The van der Waals surface area contributed by atoms with E-state index in [-0.39, 0.29) is 6.03 Å². The first kappa shape index (κ1) is 18.1. The van der Waals surface area contributed by atoms with Crippen LogP contribution in [0.5, 0.6) is 0 Å². The summed E-state index contributed by atoms with van der Waals surface area (Å²) in [5, 5.41) is 2.85. The minimum atomic E-state index is -0.0302. The second kappa shape index (κ2) is 8.17. The van der Waals surface area contributed by atoms with E-state index in [0.717, 1.165) is 36.6 Å². The Kier molecular flexibility index (Phi) is 5.28. The van der Waals surface area contributed by atoms with Crippen molar-refractivity contribution in [2.45, 2.75) is 6.54 Å². The molecule has 144 valence electrons. The van der Waals surface area contributed by atoms with Gasteiger partial charge in [-0.05, 0) is 17.7 Å². The zero-order valence-electron chi connectivity index (χ0n) is 15.9. The molecule has 1 aromatic heterocycles. The van der Waals surface area contributed by atoms with Crippen molar-refractivity contribution >= 4 is 23.0 Å². The van der Waals surface area contributed by atoms with E-state index < -0.39 is 0 Å². The number of hydrogen-bond donors (Lipinski definition) is 1. The van der Waals surface area contributed by atoms with Crippen LogP contribution in [0.4, 0.5) is 10.7 Å². The smallest absolute Gasteiger partial charge is 0.317 e. The molecule has 0 saturated carbocycles. The highest BCUT2D eigenvalue weighted by atomic mass is 16.2. The number of anilines is 1. The number of carbonyl (C=O) groups excluding carboxylic acids is 1. The van der Waals surface area contributed by atoms with Gasteiger partial charge in [-0.2, -0.15) is 0 Å². The van der Waals surface area contributed by atoms with Crippen molar-refractivity contribution in [3.8, 4) is 0 Å². The molecule has 2 aromatic carbocycles. The van der Waals surface area contributed by atoms with Gasteiger partial charge in [-0.1, -0.05) is 48.5 Å². The van der Waals surface area contributed by atoms with Gasteiger partial charge in [-0.15, -0.1) is 6.58 Å². The van der Waals surface area contributed by atoms with Crippen molar-refractivity contribution < 1.29 is 4.79 Å². The van der Waals surface area contributed by atoms with E-state index in [0.29, 0.717) is 19.6 Å². The van der Waals surface area contributed by atoms with Gasteiger partial charge in [0.2, 0.25) is 5.95 Å². The molecule has 4 rings (SSSR count). The average Bonchev–Trinajstić information content (AvgIpc) is 3.11. The van der Waals surface area contributed by atoms with E-state index >= 15 is 0 Å². The van der Waals surface area contributed by atoms with Crippen molar-refractivity contribution in [3.63, 3.8) is 0 Å². The zero-order valence-corrected chi connectivity index (χ0v) is 15.9. The molecular formula is C22H25N5O. The fraction of sp³-hybridized carbons (Fsp3) is 0.273. The van der Waals surface area contributed by atoms with Crippen LogP contribution >= 0.6 is 0 Å². The third-order valence-corrected chi connectivity index (χ3v) is 5.07. The molecule has 3 aromatic rings. The summed E-state index contributed by atoms with van der Waals surface area (Å²) in [6.07, 6.45) is 1.69. The normalized spacial score (nSPS) is 14.3. The van der Waals surface area contributed by atoms with Crippen LogP contribution in [0.3, 0.4) is 0 Å². The van der Waals surface area contributed by atoms with Crippen LogP contribution in [0, 0.1) is 0 Å². The number of fused-ring (bicyclic) bond motifs is 1. The minimum absolute atomic E-state index is 0.0302. The molecule has 1 N–H and O–H groups in total. The summed E-state index contributed by atoms with van der Waals surface area (Å²) in [5.74, 6) is 0.969. The molecule has 0 unspecified atom stereocenters. The highest BCUT2D eigenvalue weighted by Gasteiger charge is 2.24. The van der Waals surface area contributed by atoms with Gasteiger partial charge in [0, 0.05) is 32.7 Å². The van der Waals surface area contributed by atoms with Crippen molar-refractivity contribution in [2.24, 2.45) is 0 Å². The number of urea groups is 1. The van der Waals surface area contributed by atoms with Gasteiger partial charge in [0.05, 0.1) is 17.6 Å². The van der Waals surface area contributed by atoms with Crippen molar-refractivity contribution in [1.82, 2.24) is 19.8 Å². The van der Waals surface area contributed by atoms with Gasteiger partial charge in [-0.3, -0.25) is 0 Å². The molecule has 6 nitrogen and oxygen atoms in total. The Balaban J connectivity index is 1.56. The van der Waals surface area contributed by atoms with Gasteiger partial charge >= 0.3 is 6.03 Å². The van der Waals surface area contributed by atoms with E-state index in [2.05, 4.69) is 63.8 Å². The molecule has 1 saturated heterocycles. The summed E-state index contributed by atoms with van der Waals surface area (Å²) in [4.78, 5) is 21.2. The Morgan fingerprint density at radius 2 is 1.75 bits per heavy atom. The maximum atomic E-state index is 12.2. The Bertz CT molecular complexity index is 957. The number of aromatic nitrogens is 2. The first-order valence-corrected chi connectivity index (χ1v) is 9.64. The molecule has 28 heavy (non-hydrogen) atoms. The number of para-hydroxylation sites is 2. The molecule has 1 aliphatic rings. The van der Waals surface area contributed by atoms with Crippen LogP contribution in [0.1, 0.15) is 5.56 Å². The highest BCUT2D eigenvalue weighted by molar-refractivity contribution is 5.79. The second-order valence-electron chi connectivity index (χ2n) is 6.92. The summed E-state index contributed by atoms with van der Waals surface area (Å²) < 4.78 is 2.28. The summed E-state index contributed by atoms with van der Waals surface area (Å²) in [7, 11) is 0.